The monoisotopic (exact) mass is 362 g/mol. The number of hydrogen-bond donors (Lipinski definition) is 1. The first-order chi connectivity index (χ1) is 12.0. The van der Waals surface area contributed by atoms with Gasteiger partial charge in [0.2, 0.25) is 10.0 Å². The van der Waals surface area contributed by atoms with Crippen LogP contribution in [-0.4, -0.2) is 33.2 Å². The molecule has 2 aromatic rings. The molecule has 0 radical (unpaired) electrons. The van der Waals surface area contributed by atoms with E-state index in [1.807, 2.05) is 0 Å². The molecule has 1 saturated heterocycles. The molecule has 1 N–H and O–H groups in total. The third-order valence-corrected chi connectivity index (χ3v) is 5.97. The third-order valence-electron chi connectivity index (χ3n) is 4.11. The second-order valence-corrected chi connectivity index (χ2v) is 7.94. The topological polar surface area (TPSA) is 66.5 Å². The number of sulfonamides is 1. The number of rotatable bonds is 5. The van der Waals surface area contributed by atoms with E-state index >= 15 is 0 Å². The van der Waals surface area contributed by atoms with Gasteiger partial charge in [-0.25, -0.2) is 12.8 Å². The van der Waals surface area contributed by atoms with Gasteiger partial charge in [0.15, 0.2) is 0 Å². The van der Waals surface area contributed by atoms with Gasteiger partial charge >= 0.3 is 0 Å². The molecule has 1 aliphatic rings. The predicted octanol–water partition coefficient (Wildman–Crippen LogP) is 2.34. The first-order valence-corrected chi connectivity index (χ1v) is 9.70. The van der Waals surface area contributed by atoms with Gasteiger partial charge in [-0.2, -0.15) is 0 Å². The zero-order chi connectivity index (χ0) is 17.9. The van der Waals surface area contributed by atoms with Crippen molar-refractivity contribution >= 4 is 21.6 Å². The highest BCUT2D eigenvalue weighted by Crippen LogP contribution is 2.24. The molecule has 5 nitrogen and oxygen atoms in total. The fraction of sp³-hybridized carbons (Fsp3) is 0.278. The van der Waals surface area contributed by atoms with E-state index in [9.17, 15) is 17.6 Å². The number of hydrogen-bond acceptors (Lipinski definition) is 3. The van der Waals surface area contributed by atoms with Crippen LogP contribution in [0.3, 0.4) is 0 Å². The maximum atomic E-state index is 13.1. The van der Waals surface area contributed by atoms with E-state index in [-0.39, 0.29) is 17.5 Å². The Morgan fingerprint density at radius 3 is 2.56 bits per heavy atom. The smallest absolute Gasteiger partial charge is 0.251 e. The van der Waals surface area contributed by atoms with Gasteiger partial charge in [-0.3, -0.25) is 9.10 Å². The first-order valence-electron chi connectivity index (χ1n) is 8.09. The fourth-order valence-corrected chi connectivity index (χ4v) is 4.39. The Balaban J connectivity index is 1.57. The summed E-state index contributed by atoms with van der Waals surface area (Å²) in [6.45, 7) is 0.867. The Morgan fingerprint density at radius 1 is 1.16 bits per heavy atom. The summed E-state index contributed by atoms with van der Waals surface area (Å²) in [4.78, 5) is 12.1. The molecular weight excluding hydrogens is 343 g/mol. The molecular formula is C18H19FN2O3S. The number of halogens is 1. The Morgan fingerprint density at radius 2 is 1.92 bits per heavy atom. The highest BCUT2D eigenvalue weighted by atomic mass is 32.2. The molecule has 3 rings (SSSR count). The molecule has 1 fully saturated rings. The molecule has 0 aromatic heterocycles. The SMILES string of the molecule is O=C(NCCc1cccc(F)c1)c1ccc(N2CCCS2(=O)=O)cc1. The largest absolute Gasteiger partial charge is 0.352 e. The van der Waals surface area contributed by atoms with E-state index in [4.69, 9.17) is 0 Å². The lowest BCUT2D eigenvalue weighted by molar-refractivity contribution is 0.0954. The van der Waals surface area contributed by atoms with Crippen molar-refractivity contribution in [1.82, 2.24) is 5.32 Å². The van der Waals surface area contributed by atoms with Crippen LogP contribution in [0.1, 0.15) is 22.3 Å². The summed E-state index contributed by atoms with van der Waals surface area (Å²) in [5.74, 6) is -0.376. The van der Waals surface area contributed by atoms with Gasteiger partial charge in [-0.05, 0) is 54.8 Å². The van der Waals surface area contributed by atoms with E-state index in [1.165, 1.54) is 16.4 Å². The second kappa shape index (κ2) is 7.23. The van der Waals surface area contributed by atoms with Crippen molar-refractivity contribution in [2.75, 3.05) is 23.1 Å². The number of carbonyl (C=O) groups excluding carboxylic acids is 1. The van der Waals surface area contributed by atoms with Gasteiger partial charge in [-0.1, -0.05) is 12.1 Å². The minimum absolute atomic E-state index is 0.162. The second-order valence-electron chi connectivity index (χ2n) is 5.92. The van der Waals surface area contributed by atoms with E-state index in [0.29, 0.717) is 37.2 Å². The molecule has 0 bridgehead atoms. The van der Waals surface area contributed by atoms with Gasteiger partial charge in [0.05, 0.1) is 11.4 Å². The van der Waals surface area contributed by atoms with Crippen LogP contribution in [-0.2, 0) is 16.4 Å². The maximum absolute atomic E-state index is 13.1. The highest BCUT2D eigenvalue weighted by molar-refractivity contribution is 7.93. The zero-order valence-electron chi connectivity index (χ0n) is 13.6. The number of benzene rings is 2. The third kappa shape index (κ3) is 4.17. The molecule has 7 heteroatoms. The summed E-state index contributed by atoms with van der Waals surface area (Å²) >= 11 is 0. The molecule has 132 valence electrons. The summed E-state index contributed by atoms with van der Waals surface area (Å²) in [5, 5.41) is 2.78. The summed E-state index contributed by atoms with van der Waals surface area (Å²) in [5.41, 5.74) is 1.85. The van der Waals surface area contributed by atoms with Crippen LogP contribution in [0.2, 0.25) is 0 Å². The molecule has 0 aliphatic carbocycles. The van der Waals surface area contributed by atoms with E-state index < -0.39 is 10.0 Å². The molecule has 0 unspecified atom stereocenters. The Bertz CT molecular complexity index is 866. The minimum Gasteiger partial charge on any atom is -0.352 e. The molecule has 2 aromatic carbocycles. The van der Waals surface area contributed by atoms with Gasteiger partial charge in [0.25, 0.3) is 5.91 Å². The van der Waals surface area contributed by atoms with Gasteiger partial charge in [-0.15, -0.1) is 0 Å². The number of nitrogens with zero attached hydrogens (tertiary/aromatic N) is 1. The summed E-state index contributed by atoms with van der Waals surface area (Å²) in [6.07, 6.45) is 1.15. The molecule has 25 heavy (non-hydrogen) atoms. The predicted molar refractivity (Wildman–Crippen MR) is 94.6 cm³/mol. The van der Waals surface area contributed by atoms with Crippen LogP contribution < -0.4 is 9.62 Å². The number of anilines is 1. The van der Waals surface area contributed by atoms with Crippen LogP contribution in [0, 0.1) is 5.82 Å². The lowest BCUT2D eigenvalue weighted by Crippen LogP contribution is -2.26. The van der Waals surface area contributed by atoms with Crippen molar-refractivity contribution in [2.24, 2.45) is 0 Å². The first kappa shape index (κ1) is 17.4. The Hall–Kier alpha value is -2.41. The van der Waals surface area contributed by atoms with Crippen LogP contribution in [0.25, 0.3) is 0 Å². The Kier molecular flexibility index (Phi) is 5.03. The summed E-state index contributed by atoms with van der Waals surface area (Å²) in [6, 6.07) is 12.8. The average molecular weight is 362 g/mol. The number of nitrogens with one attached hydrogen (secondary N) is 1. The number of amides is 1. The lowest BCUT2D eigenvalue weighted by Gasteiger charge is -2.17. The van der Waals surface area contributed by atoms with Crippen LogP contribution in [0.15, 0.2) is 48.5 Å². The summed E-state index contributed by atoms with van der Waals surface area (Å²) < 4.78 is 38.3. The molecule has 0 saturated carbocycles. The van der Waals surface area contributed by atoms with Crippen molar-refractivity contribution in [3.05, 3.63) is 65.5 Å². The minimum atomic E-state index is -3.22. The lowest BCUT2D eigenvalue weighted by atomic mass is 10.1. The normalized spacial score (nSPS) is 16.0. The van der Waals surface area contributed by atoms with Crippen molar-refractivity contribution in [3.8, 4) is 0 Å². The van der Waals surface area contributed by atoms with Gasteiger partial charge in [0, 0.05) is 18.7 Å². The van der Waals surface area contributed by atoms with E-state index in [2.05, 4.69) is 5.32 Å². The summed E-state index contributed by atoms with van der Waals surface area (Å²) in [7, 11) is -3.22. The van der Waals surface area contributed by atoms with Crippen LogP contribution in [0.4, 0.5) is 10.1 Å². The van der Waals surface area contributed by atoms with Gasteiger partial charge < -0.3 is 5.32 Å². The quantitative estimate of drug-likeness (QED) is 0.888. The molecule has 0 atom stereocenters. The van der Waals surface area contributed by atoms with Crippen LogP contribution in [0.5, 0.6) is 0 Å². The molecule has 1 amide bonds. The van der Waals surface area contributed by atoms with Crippen molar-refractivity contribution < 1.29 is 17.6 Å². The molecule has 1 aliphatic heterocycles. The Labute approximate surface area is 146 Å². The van der Waals surface area contributed by atoms with Gasteiger partial charge in [0.1, 0.15) is 5.82 Å². The highest BCUT2D eigenvalue weighted by Gasteiger charge is 2.28. The van der Waals surface area contributed by atoms with Crippen molar-refractivity contribution in [2.45, 2.75) is 12.8 Å². The average Bonchev–Trinajstić information content (AvgIpc) is 2.94. The van der Waals surface area contributed by atoms with Crippen molar-refractivity contribution in [1.29, 1.82) is 0 Å². The van der Waals surface area contributed by atoms with E-state index in [1.54, 1.807) is 36.4 Å². The fourth-order valence-electron chi connectivity index (χ4n) is 2.82. The van der Waals surface area contributed by atoms with Crippen molar-refractivity contribution in [3.63, 3.8) is 0 Å². The van der Waals surface area contributed by atoms with Crippen LogP contribution >= 0.6 is 0 Å². The maximum Gasteiger partial charge on any atom is 0.251 e. The zero-order valence-corrected chi connectivity index (χ0v) is 14.4. The standard InChI is InChI=1S/C18H19FN2O3S/c19-16-4-1-3-14(13-16)9-10-20-18(22)15-5-7-17(8-6-15)21-11-2-12-25(21,23)24/h1,3-8,13H,2,9-12H2,(H,20,22). The molecule has 0 spiro atoms. The number of carbonyl (C=O) groups is 1. The molecule has 1 heterocycles. The van der Waals surface area contributed by atoms with E-state index in [0.717, 1.165) is 5.56 Å².